The molecule has 0 saturated heterocycles. The molecule has 4 heteroatoms. The lowest BCUT2D eigenvalue weighted by atomic mass is 10.1. The van der Waals surface area contributed by atoms with E-state index in [1.165, 1.54) is 11.1 Å². The van der Waals surface area contributed by atoms with Gasteiger partial charge in [0.25, 0.3) is 5.91 Å². The summed E-state index contributed by atoms with van der Waals surface area (Å²) in [5.74, 6) is 1.28. The Kier molecular flexibility index (Phi) is 7.33. The van der Waals surface area contributed by atoms with Crippen molar-refractivity contribution in [2.45, 2.75) is 39.2 Å². The van der Waals surface area contributed by atoms with Crippen LogP contribution in [0.5, 0.6) is 11.5 Å². The van der Waals surface area contributed by atoms with E-state index in [0.717, 1.165) is 12.8 Å². The second kappa shape index (κ2) is 9.72. The molecule has 25 heavy (non-hydrogen) atoms. The van der Waals surface area contributed by atoms with Crippen LogP contribution in [0.4, 0.5) is 0 Å². The smallest absolute Gasteiger partial charge is 0.261 e. The maximum absolute atomic E-state index is 12.3. The van der Waals surface area contributed by atoms with E-state index in [1.54, 1.807) is 13.2 Å². The maximum Gasteiger partial charge on any atom is 0.261 e. The van der Waals surface area contributed by atoms with Crippen LogP contribution in [0.3, 0.4) is 0 Å². The molecule has 0 unspecified atom stereocenters. The number of amides is 1. The molecule has 2 rings (SSSR count). The van der Waals surface area contributed by atoms with Crippen LogP contribution < -0.4 is 14.8 Å². The molecule has 0 heterocycles. The van der Waals surface area contributed by atoms with Crippen LogP contribution in [0, 0.1) is 6.92 Å². The van der Waals surface area contributed by atoms with Crippen LogP contribution in [0.1, 0.15) is 30.9 Å². The van der Waals surface area contributed by atoms with Gasteiger partial charge in [0, 0.05) is 12.6 Å². The second-order valence-corrected chi connectivity index (χ2v) is 6.08. The predicted molar refractivity (Wildman–Crippen MR) is 100 cm³/mol. The van der Waals surface area contributed by atoms with Crippen LogP contribution in [-0.2, 0) is 11.2 Å². The highest BCUT2D eigenvalue weighted by Crippen LogP contribution is 2.20. The molecule has 0 spiro atoms. The van der Waals surface area contributed by atoms with E-state index in [1.807, 2.05) is 25.1 Å². The standard InChI is InChI=1S/C21H27NO3/c1-4-20(25-19-12-6-11-18(15-19)24-3)21(23)22-13-7-10-17-9-5-8-16(2)14-17/h5-6,8-9,11-12,14-15,20H,4,7,10,13H2,1-3H3,(H,22,23)/t20-/m1/s1. The zero-order chi connectivity index (χ0) is 18.1. The molecule has 0 aliphatic rings. The first-order valence-electron chi connectivity index (χ1n) is 8.76. The largest absolute Gasteiger partial charge is 0.497 e. The zero-order valence-electron chi connectivity index (χ0n) is 15.2. The Morgan fingerprint density at radius 1 is 1.12 bits per heavy atom. The summed E-state index contributed by atoms with van der Waals surface area (Å²) in [6.45, 7) is 4.68. The molecule has 0 aromatic heterocycles. The number of benzene rings is 2. The van der Waals surface area contributed by atoms with Gasteiger partial charge in [-0.2, -0.15) is 0 Å². The Morgan fingerprint density at radius 2 is 1.88 bits per heavy atom. The number of hydrogen-bond acceptors (Lipinski definition) is 3. The predicted octanol–water partition coefficient (Wildman–Crippen LogP) is 3.91. The Morgan fingerprint density at radius 3 is 2.60 bits per heavy atom. The minimum absolute atomic E-state index is 0.0745. The molecular formula is C21H27NO3. The first kappa shape index (κ1) is 18.8. The van der Waals surface area contributed by atoms with Crippen molar-refractivity contribution in [3.05, 3.63) is 59.7 Å². The molecule has 0 fully saturated rings. The molecule has 0 bridgehead atoms. The summed E-state index contributed by atoms with van der Waals surface area (Å²) in [5, 5.41) is 2.97. The van der Waals surface area contributed by atoms with Crippen molar-refractivity contribution < 1.29 is 14.3 Å². The summed E-state index contributed by atoms with van der Waals surface area (Å²) in [5.41, 5.74) is 2.56. The summed E-state index contributed by atoms with van der Waals surface area (Å²) >= 11 is 0. The third-order valence-corrected chi connectivity index (χ3v) is 4.01. The Balaban J connectivity index is 1.79. The fourth-order valence-corrected chi connectivity index (χ4v) is 2.65. The molecule has 134 valence electrons. The minimum atomic E-state index is -0.494. The molecule has 1 atom stereocenters. The van der Waals surface area contributed by atoms with Crippen LogP contribution >= 0.6 is 0 Å². The average molecular weight is 341 g/mol. The third kappa shape index (κ3) is 6.14. The van der Waals surface area contributed by atoms with Gasteiger partial charge in [-0.15, -0.1) is 0 Å². The molecule has 1 amide bonds. The van der Waals surface area contributed by atoms with Crippen LogP contribution in [0.25, 0.3) is 0 Å². The number of aryl methyl sites for hydroxylation is 2. The summed E-state index contributed by atoms with van der Waals surface area (Å²) in [6, 6.07) is 15.8. The lowest BCUT2D eigenvalue weighted by Crippen LogP contribution is -2.38. The van der Waals surface area contributed by atoms with Crippen molar-refractivity contribution in [1.29, 1.82) is 0 Å². The van der Waals surface area contributed by atoms with Crippen LogP contribution in [0.15, 0.2) is 48.5 Å². The number of nitrogens with one attached hydrogen (secondary N) is 1. The van der Waals surface area contributed by atoms with Crippen molar-refractivity contribution >= 4 is 5.91 Å². The summed E-state index contributed by atoms with van der Waals surface area (Å²) in [4.78, 5) is 12.3. The van der Waals surface area contributed by atoms with Gasteiger partial charge in [0.1, 0.15) is 11.5 Å². The van der Waals surface area contributed by atoms with Gasteiger partial charge in [0.2, 0.25) is 0 Å². The summed E-state index contributed by atoms with van der Waals surface area (Å²) in [6.07, 6.45) is 1.98. The quantitative estimate of drug-likeness (QED) is 0.704. The number of carbonyl (C=O) groups is 1. The van der Waals surface area contributed by atoms with E-state index in [0.29, 0.717) is 24.5 Å². The molecule has 2 aromatic carbocycles. The maximum atomic E-state index is 12.3. The number of hydrogen-bond donors (Lipinski definition) is 1. The van der Waals surface area contributed by atoms with Crippen molar-refractivity contribution in [2.75, 3.05) is 13.7 Å². The molecule has 1 N–H and O–H groups in total. The molecular weight excluding hydrogens is 314 g/mol. The topological polar surface area (TPSA) is 47.6 Å². The van der Waals surface area contributed by atoms with Gasteiger partial charge in [0.05, 0.1) is 7.11 Å². The van der Waals surface area contributed by atoms with Gasteiger partial charge in [0.15, 0.2) is 6.10 Å². The third-order valence-electron chi connectivity index (χ3n) is 4.01. The molecule has 0 aliphatic heterocycles. The van der Waals surface area contributed by atoms with E-state index in [4.69, 9.17) is 9.47 Å². The normalized spacial score (nSPS) is 11.6. The lowest BCUT2D eigenvalue weighted by Gasteiger charge is -2.17. The van der Waals surface area contributed by atoms with Crippen molar-refractivity contribution in [3.8, 4) is 11.5 Å². The SMILES string of the molecule is CC[C@@H](Oc1cccc(OC)c1)C(=O)NCCCc1cccc(C)c1. The van der Waals surface area contributed by atoms with Crippen LogP contribution in [-0.4, -0.2) is 25.7 Å². The van der Waals surface area contributed by atoms with Crippen LogP contribution in [0.2, 0.25) is 0 Å². The first-order valence-corrected chi connectivity index (χ1v) is 8.76. The Bertz CT molecular complexity index is 684. The molecule has 0 aliphatic carbocycles. The van der Waals surface area contributed by atoms with Crippen molar-refractivity contribution in [3.63, 3.8) is 0 Å². The van der Waals surface area contributed by atoms with Gasteiger partial charge in [-0.25, -0.2) is 0 Å². The molecule has 4 nitrogen and oxygen atoms in total. The number of ether oxygens (including phenoxy) is 2. The minimum Gasteiger partial charge on any atom is -0.497 e. The number of carbonyl (C=O) groups excluding carboxylic acids is 1. The Labute approximate surface area is 150 Å². The van der Waals surface area contributed by atoms with Gasteiger partial charge in [-0.1, -0.05) is 42.8 Å². The zero-order valence-corrected chi connectivity index (χ0v) is 15.2. The highest BCUT2D eigenvalue weighted by atomic mass is 16.5. The van der Waals surface area contributed by atoms with Gasteiger partial charge >= 0.3 is 0 Å². The van der Waals surface area contributed by atoms with Gasteiger partial charge in [-0.3, -0.25) is 4.79 Å². The highest BCUT2D eigenvalue weighted by Gasteiger charge is 2.18. The van der Waals surface area contributed by atoms with Crippen molar-refractivity contribution in [1.82, 2.24) is 5.32 Å². The van der Waals surface area contributed by atoms with Crippen molar-refractivity contribution in [2.24, 2.45) is 0 Å². The van der Waals surface area contributed by atoms with E-state index in [-0.39, 0.29) is 5.91 Å². The van der Waals surface area contributed by atoms with E-state index >= 15 is 0 Å². The van der Waals surface area contributed by atoms with Gasteiger partial charge in [-0.05, 0) is 43.9 Å². The average Bonchev–Trinajstić information content (AvgIpc) is 2.63. The van der Waals surface area contributed by atoms with Gasteiger partial charge < -0.3 is 14.8 Å². The molecule has 0 saturated carbocycles. The second-order valence-electron chi connectivity index (χ2n) is 6.08. The molecule has 2 aromatic rings. The first-order chi connectivity index (χ1) is 12.1. The van der Waals surface area contributed by atoms with E-state index < -0.39 is 6.10 Å². The number of rotatable bonds is 9. The Hall–Kier alpha value is -2.49. The van der Waals surface area contributed by atoms with E-state index in [2.05, 4.69) is 36.5 Å². The van der Waals surface area contributed by atoms with E-state index in [9.17, 15) is 4.79 Å². The number of methoxy groups -OCH3 is 1. The lowest BCUT2D eigenvalue weighted by molar-refractivity contribution is -0.128. The fraction of sp³-hybridized carbons (Fsp3) is 0.381. The molecule has 0 radical (unpaired) electrons. The fourth-order valence-electron chi connectivity index (χ4n) is 2.65. The summed E-state index contributed by atoms with van der Waals surface area (Å²) < 4.78 is 11.0. The summed E-state index contributed by atoms with van der Waals surface area (Å²) in [7, 11) is 1.61. The highest BCUT2D eigenvalue weighted by molar-refractivity contribution is 5.81. The monoisotopic (exact) mass is 341 g/mol.